The zero-order chi connectivity index (χ0) is 24.7. The molecule has 0 radical (unpaired) electrons. The number of piperazine rings is 1. The van der Waals surface area contributed by atoms with Crippen LogP contribution in [0.15, 0.2) is 48.5 Å². The summed E-state index contributed by atoms with van der Waals surface area (Å²) >= 11 is 0. The maximum Gasteiger partial charge on any atom is 0.122 e. The number of nitrogens with one attached hydrogen (secondary N) is 1. The Balaban J connectivity index is 1.39. The van der Waals surface area contributed by atoms with Gasteiger partial charge in [0.05, 0.1) is 7.11 Å². The molecule has 35 heavy (non-hydrogen) atoms. The van der Waals surface area contributed by atoms with Gasteiger partial charge in [-0.1, -0.05) is 82.5 Å². The van der Waals surface area contributed by atoms with E-state index in [-0.39, 0.29) is 5.41 Å². The highest BCUT2D eigenvalue weighted by atomic mass is 16.5. The van der Waals surface area contributed by atoms with E-state index in [9.17, 15) is 0 Å². The van der Waals surface area contributed by atoms with Gasteiger partial charge in [-0.05, 0) is 54.0 Å². The number of hydrogen-bond acceptors (Lipinski definition) is 4. The van der Waals surface area contributed by atoms with Gasteiger partial charge in [0, 0.05) is 44.8 Å². The van der Waals surface area contributed by atoms with Crippen molar-refractivity contribution >= 4 is 0 Å². The minimum absolute atomic E-state index is 0.187. The fraction of sp³-hybridized carbons (Fsp3) is 0.613. The predicted molar refractivity (Wildman–Crippen MR) is 147 cm³/mol. The van der Waals surface area contributed by atoms with E-state index in [1.54, 1.807) is 7.11 Å². The number of nitrogens with zero attached hydrogens (tertiary/aromatic N) is 2. The zero-order valence-electron chi connectivity index (χ0n) is 22.6. The van der Waals surface area contributed by atoms with Crippen LogP contribution in [0.4, 0.5) is 0 Å². The second-order valence-electron chi connectivity index (χ2n) is 11.5. The molecule has 1 aliphatic heterocycles. The lowest BCUT2D eigenvalue weighted by Gasteiger charge is -2.43. The average Bonchev–Trinajstić information content (AvgIpc) is 2.89. The third-order valence-corrected chi connectivity index (χ3v) is 8.14. The van der Waals surface area contributed by atoms with Crippen molar-refractivity contribution in [3.05, 3.63) is 65.2 Å². The lowest BCUT2D eigenvalue weighted by atomic mass is 9.86. The lowest BCUT2D eigenvalue weighted by molar-refractivity contribution is 0.0559. The fourth-order valence-electron chi connectivity index (χ4n) is 5.89. The fourth-order valence-corrected chi connectivity index (χ4v) is 5.89. The smallest absolute Gasteiger partial charge is 0.122 e. The third-order valence-electron chi connectivity index (χ3n) is 8.14. The van der Waals surface area contributed by atoms with Crippen LogP contribution in [0.2, 0.25) is 0 Å². The van der Waals surface area contributed by atoms with E-state index in [0.29, 0.717) is 6.04 Å². The summed E-state index contributed by atoms with van der Waals surface area (Å²) in [7, 11) is 1.76. The van der Waals surface area contributed by atoms with Crippen LogP contribution in [0.3, 0.4) is 0 Å². The second kappa shape index (κ2) is 12.4. The molecule has 0 bridgehead atoms. The molecule has 2 aromatic carbocycles. The highest BCUT2D eigenvalue weighted by Crippen LogP contribution is 2.29. The molecule has 0 aromatic heterocycles. The van der Waals surface area contributed by atoms with Crippen molar-refractivity contribution in [3.8, 4) is 5.75 Å². The van der Waals surface area contributed by atoms with Gasteiger partial charge >= 0.3 is 0 Å². The Labute approximate surface area is 214 Å². The monoisotopic (exact) mass is 477 g/mol. The summed E-state index contributed by atoms with van der Waals surface area (Å²) in [5, 5.41) is 3.79. The van der Waals surface area contributed by atoms with E-state index in [1.807, 2.05) is 6.07 Å². The quantitative estimate of drug-likeness (QED) is 0.461. The first-order chi connectivity index (χ1) is 17.0. The van der Waals surface area contributed by atoms with Crippen molar-refractivity contribution in [2.75, 3.05) is 46.4 Å². The Morgan fingerprint density at radius 1 is 0.914 bits per heavy atom. The molecule has 2 aromatic rings. The molecule has 0 spiro atoms. The molecule has 1 saturated carbocycles. The van der Waals surface area contributed by atoms with Crippen molar-refractivity contribution in [2.45, 2.75) is 76.8 Å². The van der Waals surface area contributed by atoms with Crippen molar-refractivity contribution < 1.29 is 4.74 Å². The number of para-hydroxylation sites is 1. The number of hydrogen-bond donors (Lipinski definition) is 1. The standard InChI is InChI=1S/C31H47N3O/c1-31(2,3)27-16-14-25(15-17-27)29(24-32-19-18-26-10-8-9-13-30(26)35-4)34-22-20-33(21-23-34)28-11-6-5-7-12-28/h8-10,13-17,28-29,32H,5-7,11-12,18-24H2,1-4H3. The maximum absolute atomic E-state index is 5.55. The van der Waals surface area contributed by atoms with Gasteiger partial charge in [-0.15, -0.1) is 0 Å². The molecule has 0 amide bonds. The molecule has 2 fully saturated rings. The van der Waals surface area contributed by atoms with Crippen molar-refractivity contribution in [1.29, 1.82) is 0 Å². The number of benzene rings is 2. The number of methoxy groups -OCH3 is 1. The molecule has 4 nitrogen and oxygen atoms in total. The van der Waals surface area contributed by atoms with Gasteiger partial charge in [-0.3, -0.25) is 9.80 Å². The van der Waals surface area contributed by atoms with E-state index in [0.717, 1.165) is 44.4 Å². The molecule has 1 saturated heterocycles. The Hall–Kier alpha value is -1.88. The Morgan fingerprint density at radius 2 is 1.60 bits per heavy atom. The molecule has 1 unspecified atom stereocenters. The minimum Gasteiger partial charge on any atom is -0.496 e. The molecule has 4 rings (SSSR count). The summed E-state index contributed by atoms with van der Waals surface area (Å²) in [5.74, 6) is 0.988. The molecular formula is C31H47N3O. The maximum atomic E-state index is 5.55. The molecule has 192 valence electrons. The Kier molecular flexibility index (Phi) is 9.27. The SMILES string of the molecule is COc1ccccc1CCNCC(c1ccc(C(C)(C)C)cc1)N1CCN(C2CCCCC2)CC1. The van der Waals surface area contributed by atoms with E-state index in [1.165, 1.54) is 61.9 Å². The second-order valence-corrected chi connectivity index (χ2v) is 11.5. The normalized spacial score (nSPS) is 19.5. The first-order valence-electron chi connectivity index (χ1n) is 13.9. The lowest BCUT2D eigenvalue weighted by Crippen LogP contribution is -2.52. The molecule has 2 aliphatic rings. The van der Waals surface area contributed by atoms with Crippen LogP contribution < -0.4 is 10.1 Å². The van der Waals surface area contributed by atoms with Crippen LogP contribution >= 0.6 is 0 Å². The van der Waals surface area contributed by atoms with Gasteiger partial charge in [-0.2, -0.15) is 0 Å². The summed E-state index contributed by atoms with van der Waals surface area (Å²) in [6, 6.07) is 19.0. The van der Waals surface area contributed by atoms with Crippen LogP contribution in [0, 0.1) is 0 Å². The molecule has 1 N–H and O–H groups in total. The largest absolute Gasteiger partial charge is 0.496 e. The van der Waals surface area contributed by atoms with Crippen molar-refractivity contribution in [3.63, 3.8) is 0 Å². The van der Waals surface area contributed by atoms with E-state index in [4.69, 9.17) is 4.74 Å². The first-order valence-corrected chi connectivity index (χ1v) is 13.9. The van der Waals surface area contributed by atoms with Crippen molar-refractivity contribution in [1.82, 2.24) is 15.1 Å². The predicted octanol–water partition coefficient (Wildman–Crippen LogP) is 5.82. The summed E-state index contributed by atoms with van der Waals surface area (Å²) in [5.41, 5.74) is 4.31. The van der Waals surface area contributed by atoms with E-state index >= 15 is 0 Å². The van der Waals surface area contributed by atoms with Crippen LogP contribution in [0.25, 0.3) is 0 Å². The topological polar surface area (TPSA) is 27.7 Å². The van der Waals surface area contributed by atoms with Gasteiger partial charge in [0.15, 0.2) is 0 Å². The highest BCUT2D eigenvalue weighted by Gasteiger charge is 2.29. The summed E-state index contributed by atoms with van der Waals surface area (Å²) in [6.45, 7) is 13.6. The molecule has 1 heterocycles. The highest BCUT2D eigenvalue weighted by molar-refractivity contribution is 5.33. The van der Waals surface area contributed by atoms with E-state index in [2.05, 4.69) is 78.4 Å². The first kappa shape index (κ1) is 26.2. The van der Waals surface area contributed by atoms with Gasteiger partial charge < -0.3 is 10.1 Å². The van der Waals surface area contributed by atoms with E-state index < -0.39 is 0 Å². The summed E-state index contributed by atoms with van der Waals surface area (Å²) < 4.78 is 5.55. The average molecular weight is 478 g/mol. The summed E-state index contributed by atoms with van der Waals surface area (Å²) in [6.07, 6.45) is 8.07. The van der Waals surface area contributed by atoms with Crippen LogP contribution in [-0.4, -0.2) is 62.2 Å². The van der Waals surface area contributed by atoms with Gasteiger partial charge in [0.25, 0.3) is 0 Å². The Morgan fingerprint density at radius 3 is 2.26 bits per heavy atom. The summed E-state index contributed by atoms with van der Waals surface area (Å²) in [4.78, 5) is 5.51. The van der Waals surface area contributed by atoms with Gasteiger partial charge in [-0.25, -0.2) is 0 Å². The van der Waals surface area contributed by atoms with Crippen LogP contribution in [-0.2, 0) is 11.8 Å². The molecule has 1 atom stereocenters. The van der Waals surface area contributed by atoms with Crippen molar-refractivity contribution in [2.24, 2.45) is 0 Å². The molecule has 1 aliphatic carbocycles. The van der Waals surface area contributed by atoms with Gasteiger partial charge in [0.2, 0.25) is 0 Å². The minimum atomic E-state index is 0.187. The molecular weight excluding hydrogens is 430 g/mol. The molecule has 4 heteroatoms. The Bertz CT molecular complexity index is 890. The number of rotatable bonds is 9. The number of ether oxygens (including phenoxy) is 1. The van der Waals surface area contributed by atoms with Crippen LogP contribution in [0.5, 0.6) is 5.75 Å². The van der Waals surface area contributed by atoms with Gasteiger partial charge in [0.1, 0.15) is 5.75 Å². The third kappa shape index (κ3) is 7.09. The zero-order valence-corrected chi connectivity index (χ0v) is 22.6. The van der Waals surface area contributed by atoms with Crippen LogP contribution in [0.1, 0.15) is 75.6 Å².